The minimum atomic E-state index is 0. The highest BCUT2D eigenvalue weighted by Crippen LogP contribution is 2.27. The predicted octanol–water partition coefficient (Wildman–Crippen LogP) is 2.28. The highest BCUT2D eigenvalue weighted by atomic mass is 35.5. The number of halogens is 3. The number of carbonyl (C=O) groups excluding carboxylic acids is 1. The van der Waals surface area contributed by atoms with E-state index >= 15 is 0 Å². The smallest absolute Gasteiger partial charge is 0.224 e. The first-order valence-corrected chi connectivity index (χ1v) is 8.68. The van der Waals surface area contributed by atoms with E-state index in [2.05, 4.69) is 15.5 Å². The summed E-state index contributed by atoms with van der Waals surface area (Å²) in [6.45, 7) is 5.45. The molecule has 2 N–H and O–H groups in total. The number of benzene rings is 1. The van der Waals surface area contributed by atoms with E-state index in [9.17, 15) is 4.79 Å². The lowest BCUT2D eigenvalue weighted by Crippen LogP contribution is -2.45. The van der Waals surface area contributed by atoms with Crippen molar-refractivity contribution in [1.82, 2.24) is 15.5 Å². The van der Waals surface area contributed by atoms with Gasteiger partial charge in [-0.15, -0.1) is 24.8 Å². The van der Waals surface area contributed by atoms with Crippen molar-refractivity contribution < 1.29 is 9.53 Å². The molecule has 2 heterocycles. The lowest BCUT2D eigenvalue weighted by molar-refractivity contribution is -0.124. The molecule has 8 heteroatoms. The molecular weight excluding hydrogens is 385 g/mol. The van der Waals surface area contributed by atoms with E-state index in [1.165, 1.54) is 0 Å². The van der Waals surface area contributed by atoms with E-state index < -0.39 is 0 Å². The van der Waals surface area contributed by atoms with Gasteiger partial charge in [0.05, 0.1) is 25.2 Å². The topological polar surface area (TPSA) is 53.6 Å². The van der Waals surface area contributed by atoms with E-state index in [1.807, 2.05) is 24.3 Å². The van der Waals surface area contributed by atoms with Crippen molar-refractivity contribution in [2.45, 2.75) is 12.5 Å². The molecule has 2 unspecified atom stereocenters. The summed E-state index contributed by atoms with van der Waals surface area (Å²) in [6, 6.07) is 7.98. The van der Waals surface area contributed by atoms with Crippen molar-refractivity contribution >= 4 is 42.3 Å². The number of carbonyl (C=O) groups is 1. The van der Waals surface area contributed by atoms with Gasteiger partial charge >= 0.3 is 0 Å². The number of morpholine rings is 1. The predicted molar refractivity (Wildman–Crippen MR) is 105 cm³/mol. The van der Waals surface area contributed by atoms with Crippen LogP contribution in [0.4, 0.5) is 0 Å². The van der Waals surface area contributed by atoms with Crippen LogP contribution in [-0.2, 0) is 9.53 Å². The Hall–Kier alpha value is -0.560. The molecule has 2 atom stereocenters. The summed E-state index contributed by atoms with van der Waals surface area (Å²) < 4.78 is 5.45. The zero-order chi connectivity index (χ0) is 16.1. The van der Waals surface area contributed by atoms with Gasteiger partial charge in [0.2, 0.25) is 5.91 Å². The standard InChI is InChI=1S/C17H24ClN3O2.2ClH/c18-15-4-2-1-3-14(15)16(21-7-9-23-10-8-21)12-20-17(22)13-5-6-19-11-13;;/h1-4,13,16,19H,5-12H2,(H,20,22);2*1H. The maximum atomic E-state index is 12.3. The molecule has 2 fully saturated rings. The maximum Gasteiger partial charge on any atom is 0.224 e. The van der Waals surface area contributed by atoms with E-state index in [1.54, 1.807) is 0 Å². The minimum absolute atomic E-state index is 0. The Kier molecular flexibility index (Phi) is 10.1. The van der Waals surface area contributed by atoms with Gasteiger partial charge in [0.1, 0.15) is 0 Å². The Labute approximate surface area is 166 Å². The first-order chi connectivity index (χ1) is 11.3. The van der Waals surface area contributed by atoms with Crippen LogP contribution in [0.25, 0.3) is 0 Å². The van der Waals surface area contributed by atoms with Gasteiger partial charge in [-0.05, 0) is 24.6 Å². The second-order valence-electron chi connectivity index (χ2n) is 6.12. The fourth-order valence-corrected chi connectivity index (χ4v) is 3.55. The monoisotopic (exact) mass is 409 g/mol. The Morgan fingerprint density at radius 3 is 2.68 bits per heavy atom. The third-order valence-electron chi connectivity index (χ3n) is 4.65. The fourth-order valence-electron chi connectivity index (χ4n) is 3.29. The first-order valence-electron chi connectivity index (χ1n) is 8.30. The van der Waals surface area contributed by atoms with Gasteiger partial charge in [-0.2, -0.15) is 0 Å². The largest absolute Gasteiger partial charge is 0.379 e. The second kappa shape index (κ2) is 11.2. The summed E-state index contributed by atoms with van der Waals surface area (Å²) in [5.74, 6) is 0.229. The van der Waals surface area contributed by atoms with Crippen molar-refractivity contribution in [1.29, 1.82) is 0 Å². The molecule has 2 aliphatic heterocycles. The molecule has 1 aromatic carbocycles. The second-order valence-corrected chi connectivity index (χ2v) is 6.53. The van der Waals surface area contributed by atoms with Crippen molar-refractivity contribution in [2.75, 3.05) is 45.9 Å². The Bertz CT molecular complexity index is 536. The van der Waals surface area contributed by atoms with Crippen LogP contribution in [0.5, 0.6) is 0 Å². The zero-order valence-electron chi connectivity index (χ0n) is 14.1. The first kappa shape index (κ1) is 22.5. The van der Waals surface area contributed by atoms with E-state index in [-0.39, 0.29) is 42.7 Å². The molecule has 142 valence electrons. The average molecular weight is 411 g/mol. The number of nitrogens with zero attached hydrogens (tertiary/aromatic N) is 1. The van der Waals surface area contributed by atoms with Gasteiger partial charge in [0, 0.05) is 31.2 Å². The Balaban J connectivity index is 0.00000156. The Morgan fingerprint density at radius 2 is 2.04 bits per heavy atom. The van der Waals surface area contributed by atoms with Gasteiger partial charge in [-0.3, -0.25) is 9.69 Å². The van der Waals surface area contributed by atoms with Crippen LogP contribution in [0.3, 0.4) is 0 Å². The zero-order valence-corrected chi connectivity index (χ0v) is 16.5. The summed E-state index contributed by atoms with van der Waals surface area (Å²) in [5.41, 5.74) is 1.07. The quantitative estimate of drug-likeness (QED) is 0.782. The van der Waals surface area contributed by atoms with Crippen molar-refractivity contribution in [2.24, 2.45) is 5.92 Å². The molecule has 0 spiro atoms. The van der Waals surface area contributed by atoms with Crippen molar-refractivity contribution in [3.8, 4) is 0 Å². The summed E-state index contributed by atoms with van der Waals surface area (Å²) in [4.78, 5) is 14.7. The van der Waals surface area contributed by atoms with Crippen LogP contribution < -0.4 is 10.6 Å². The van der Waals surface area contributed by atoms with Crippen LogP contribution in [-0.4, -0.2) is 56.7 Å². The lowest BCUT2D eigenvalue weighted by atomic mass is 10.0. The van der Waals surface area contributed by atoms with Crippen LogP contribution in [0.1, 0.15) is 18.0 Å². The van der Waals surface area contributed by atoms with Crippen molar-refractivity contribution in [3.05, 3.63) is 34.9 Å². The fraction of sp³-hybridized carbons (Fsp3) is 0.588. The molecule has 2 aliphatic rings. The SMILES string of the molecule is Cl.Cl.O=C(NCC(c1ccccc1Cl)N1CCOCC1)C1CCNC1. The molecular formula is C17H26Cl3N3O2. The molecule has 0 aromatic heterocycles. The van der Waals surface area contributed by atoms with Crippen LogP contribution in [0.2, 0.25) is 5.02 Å². The van der Waals surface area contributed by atoms with Gasteiger partial charge in [-0.1, -0.05) is 29.8 Å². The summed E-state index contributed by atoms with van der Waals surface area (Å²) in [7, 11) is 0. The van der Waals surface area contributed by atoms with Crippen LogP contribution >= 0.6 is 36.4 Å². The highest BCUT2D eigenvalue weighted by molar-refractivity contribution is 6.31. The van der Waals surface area contributed by atoms with Gasteiger partial charge in [-0.25, -0.2) is 0 Å². The molecule has 1 aromatic rings. The normalized spacial score (nSPS) is 21.7. The van der Waals surface area contributed by atoms with Crippen LogP contribution in [0.15, 0.2) is 24.3 Å². The minimum Gasteiger partial charge on any atom is -0.379 e. The van der Waals surface area contributed by atoms with Gasteiger partial charge in [0.25, 0.3) is 0 Å². The molecule has 2 saturated heterocycles. The molecule has 0 radical (unpaired) electrons. The highest BCUT2D eigenvalue weighted by Gasteiger charge is 2.27. The molecule has 1 amide bonds. The third kappa shape index (κ3) is 5.98. The lowest BCUT2D eigenvalue weighted by Gasteiger charge is -2.35. The molecule has 3 rings (SSSR count). The summed E-state index contributed by atoms with van der Waals surface area (Å²) in [5, 5.41) is 7.11. The average Bonchev–Trinajstić information content (AvgIpc) is 3.12. The third-order valence-corrected chi connectivity index (χ3v) is 5.00. The summed E-state index contributed by atoms with van der Waals surface area (Å²) >= 11 is 6.40. The molecule has 0 bridgehead atoms. The van der Waals surface area contributed by atoms with E-state index in [0.29, 0.717) is 6.54 Å². The Morgan fingerprint density at radius 1 is 1.32 bits per heavy atom. The molecule has 0 aliphatic carbocycles. The maximum absolute atomic E-state index is 12.3. The number of amides is 1. The van der Waals surface area contributed by atoms with Gasteiger partial charge < -0.3 is 15.4 Å². The number of nitrogens with one attached hydrogen (secondary N) is 2. The number of rotatable bonds is 5. The van der Waals surface area contributed by atoms with Gasteiger partial charge in [0.15, 0.2) is 0 Å². The van der Waals surface area contributed by atoms with E-state index in [4.69, 9.17) is 16.3 Å². The van der Waals surface area contributed by atoms with Crippen molar-refractivity contribution in [3.63, 3.8) is 0 Å². The number of hydrogen-bond acceptors (Lipinski definition) is 4. The van der Waals surface area contributed by atoms with Crippen LogP contribution in [0, 0.1) is 5.92 Å². The molecule has 5 nitrogen and oxygen atoms in total. The molecule has 0 saturated carbocycles. The molecule has 25 heavy (non-hydrogen) atoms. The number of ether oxygens (including phenoxy) is 1. The summed E-state index contributed by atoms with van der Waals surface area (Å²) in [6.07, 6.45) is 0.917. The van der Waals surface area contributed by atoms with E-state index in [0.717, 1.165) is 56.4 Å². The number of hydrogen-bond donors (Lipinski definition) is 2.